The SMILES string of the molecule is CCCCC=P. The van der Waals surface area contributed by atoms with Crippen molar-refractivity contribution in [2.45, 2.75) is 26.2 Å². The zero-order valence-electron chi connectivity index (χ0n) is 4.20. The fourth-order valence-electron chi connectivity index (χ4n) is 0.306. The molecule has 0 saturated carbocycles. The van der Waals surface area contributed by atoms with Crippen LogP contribution in [0, 0.1) is 0 Å². The molecule has 0 spiro atoms. The fraction of sp³-hybridized carbons (Fsp3) is 0.800. The first-order valence-electron chi connectivity index (χ1n) is 2.40. The highest BCUT2D eigenvalue weighted by molar-refractivity contribution is 7.18. The lowest BCUT2D eigenvalue weighted by molar-refractivity contribution is 0.846. The molecule has 1 heteroatoms. The molecule has 0 bridgehead atoms. The molecule has 0 heterocycles. The number of hydrogen-bond acceptors (Lipinski definition) is 0. The van der Waals surface area contributed by atoms with E-state index in [-0.39, 0.29) is 0 Å². The van der Waals surface area contributed by atoms with Crippen molar-refractivity contribution in [3.63, 3.8) is 0 Å². The zero-order valence-corrected chi connectivity index (χ0v) is 5.20. The summed E-state index contributed by atoms with van der Waals surface area (Å²) >= 11 is 0. The van der Waals surface area contributed by atoms with Gasteiger partial charge < -0.3 is 0 Å². The third kappa shape index (κ3) is 4.17. The van der Waals surface area contributed by atoms with E-state index < -0.39 is 0 Å². The summed E-state index contributed by atoms with van der Waals surface area (Å²) in [6.45, 7) is 2.19. The number of hydrogen-bond donors (Lipinski definition) is 0. The molecule has 36 valence electrons. The molecule has 0 aromatic carbocycles. The van der Waals surface area contributed by atoms with E-state index in [1.165, 1.54) is 19.3 Å². The Hall–Kier alpha value is 0.170. The largest absolute Gasteiger partial charge is 0.127 e. The summed E-state index contributed by atoms with van der Waals surface area (Å²) in [5.41, 5.74) is 0. The minimum atomic E-state index is 1.20. The molecule has 0 radical (unpaired) electrons. The molecule has 0 aliphatic carbocycles. The van der Waals surface area contributed by atoms with E-state index in [2.05, 4.69) is 15.8 Å². The van der Waals surface area contributed by atoms with E-state index in [9.17, 15) is 0 Å². The second-order valence-electron chi connectivity index (χ2n) is 1.35. The van der Waals surface area contributed by atoms with Crippen molar-refractivity contribution < 1.29 is 0 Å². The van der Waals surface area contributed by atoms with Gasteiger partial charge in [-0.3, -0.25) is 0 Å². The van der Waals surface area contributed by atoms with Crippen molar-refractivity contribution in [2.75, 3.05) is 0 Å². The summed E-state index contributed by atoms with van der Waals surface area (Å²) in [5, 5.41) is 0. The quantitative estimate of drug-likeness (QED) is 0.378. The maximum Gasteiger partial charge on any atom is -0.0310 e. The van der Waals surface area contributed by atoms with Crippen LogP contribution in [0.2, 0.25) is 0 Å². The van der Waals surface area contributed by atoms with E-state index in [1.807, 2.05) is 5.80 Å². The summed E-state index contributed by atoms with van der Waals surface area (Å²) in [5.74, 6) is 2.02. The van der Waals surface area contributed by atoms with Crippen molar-refractivity contribution in [3.8, 4) is 0 Å². The van der Waals surface area contributed by atoms with E-state index in [0.717, 1.165) is 0 Å². The van der Waals surface area contributed by atoms with Crippen molar-refractivity contribution >= 4 is 14.7 Å². The average molecular weight is 102 g/mol. The molecule has 0 unspecified atom stereocenters. The predicted octanol–water partition coefficient (Wildman–Crippen LogP) is 2.12. The molecule has 0 nitrogen and oxygen atoms in total. The Kier molecular flexibility index (Phi) is 5.32. The molecule has 0 aliphatic rings. The van der Waals surface area contributed by atoms with Gasteiger partial charge >= 0.3 is 0 Å². The molecular formula is C5H11P. The second kappa shape index (κ2) is 5.17. The topological polar surface area (TPSA) is 0 Å². The summed E-state index contributed by atoms with van der Waals surface area (Å²) in [4.78, 5) is 0. The highest BCUT2D eigenvalue weighted by Gasteiger charge is 1.71. The van der Waals surface area contributed by atoms with Crippen molar-refractivity contribution in [1.82, 2.24) is 0 Å². The molecule has 0 saturated heterocycles. The minimum Gasteiger partial charge on any atom is -0.127 e. The molecule has 0 amide bonds. The molecule has 0 rings (SSSR count). The Morgan fingerprint density at radius 2 is 2.33 bits per heavy atom. The van der Waals surface area contributed by atoms with Crippen LogP contribution in [-0.4, -0.2) is 5.80 Å². The van der Waals surface area contributed by atoms with Crippen molar-refractivity contribution in [2.24, 2.45) is 0 Å². The van der Waals surface area contributed by atoms with E-state index in [4.69, 9.17) is 0 Å². The Bertz CT molecular complexity index is 32.9. The van der Waals surface area contributed by atoms with Gasteiger partial charge in [0.2, 0.25) is 0 Å². The summed E-state index contributed by atoms with van der Waals surface area (Å²) < 4.78 is 0. The second-order valence-corrected chi connectivity index (χ2v) is 1.75. The maximum atomic E-state index is 3.27. The van der Waals surface area contributed by atoms with Crippen LogP contribution in [0.15, 0.2) is 0 Å². The van der Waals surface area contributed by atoms with Crippen LogP contribution >= 0.6 is 8.86 Å². The number of unbranched alkanes of at least 4 members (excludes halogenated alkanes) is 2. The van der Waals surface area contributed by atoms with Crippen LogP contribution in [0.4, 0.5) is 0 Å². The average Bonchev–Trinajstić information content (AvgIpc) is 1.61. The van der Waals surface area contributed by atoms with Gasteiger partial charge in [0.25, 0.3) is 0 Å². The first kappa shape index (κ1) is 6.17. The van der Waals surface area contributed by atoms with Gasteiger partial charge in [-0.25, -0.2) is 0 Å². The van der Waals surface area contributed by atoms with Gasteiger partial charge in [-0.15, -0.1) is 8.86 Å². The van der Waals surface area contributed by atoms with Gasteiger partial charge in [-0.2, -0.15) is 0 Å². The van der Waals surface area contributed by atoms with Gasteiger partial charge in [0.05, 0.1) is 0 Å². The predicted molar refractivity (Wildman–Crippen MR) is 33.9 cm³/mol. The lowest BCUT2D eigenvalue weighted by atomic mass is 10.3. The maximum absolute atomic E-state index is 3.27. The van der Waals surface area contributed by atoms with Crippen LogP contribution < -0.4 is 0 Å². The van der Waals surface area contributed by atoms with E-state index in [1.54, 1.807) is 0 Å². The van der Waals surface area contributed by atoms with E-state index >= 15 is 0 Å². The van der Waals surface area contributed by atoms with Crippen LogP contribution in [0.5, 0.6) is 0 Å². The molecule has 0 aromatic rings. The first-order chi connectivity index (χ1) is 2.91. The highest BCUT2D eigenvalue weighted by Crippen LogP contribution is 1.88. The van der Waals surface area contributed by atoms with E-state index in [0.29, 0.717) is 0 Å². The Morgan fingerprint density at radius 1 is 1.67 bits per heavy atom. The first-order valence-corrected chi connectivity index (χ1v) is 2.98. The van der Waals surface area contributed by atoms with Gasteiger partial charge in [0, 0.05) is 0 Å². The Labute approximate surface area is 41.8 Å². The van der Waals surface area contributed by atoms with Gasteiger partial charge in [0.1, 0.15) is 0 Å². The monoisotopic (exact) mass is 102 g/mol. The summed E-state index contributed by atoms with van der Waals surface area (Å²) in [6.07, 6.45) is 3.80. The third-order valence-electron chi connectivity index (χ3n) is 0.702. The normalized spacial score (nSPS) is 8.17. The fourth-order valence-corrected chi connectivity index (χ4v) is 0.510. The van der Waals surface area contributed by atoms with Crippen LogP contribution in [-0.2, 0) is 0 Å². The summed E-state index contributed by atoms with van der Waals surface area (Å²) in [6, 6.07) is 0. The van der Waals surface area contributed by atoms with Gasteiger partial charge in [-0.1, -0.05) is 19.1 Å². The van der Waals surface area contributed by atoms with Crippen molar-refractivity contribution in [1.29, 1.82) is 0 Å². The molecular weight excluding hydrogens is 91.0 g/mol. The molecule has 0 fully saturated rings. The van der Waals surface area contributed by atoms with Crippen LogP contribution in [0.25, 0.3) is 0 Å². The zero-order chi connectivity index (χ0) is 4.83. The molecule has 0 N–H and O–H groups in total. The lowest BCUT2D eigenvalue weighted by Gasteiger charge is -1.81. The molecule has 0 aromatic heterocycles. The minimum absolute atomic E-state index is 1.20. The third-order valence-corrected chi connectivity index (χ3v) is 0.991. The smallest absolute Gasteiger partial charge is 0.0310 e. The van der Waals surface area contributed by atoms with Crippen molar-refractivity contribution in [3.05, 3.63) is 0 Å². The molecule has 6 heavy (non-hydrogen) atoms. The standard InChI is InChI=1S/C5H11P/c1-2-3-4-5-6/h5-6H,2-4H2,1H3. The Morgan fingerprint density at radius 3 is 2.50 bits per heavy atom. The molecule has 0 atom stereocenters. The number of rotatable bonds is 3. The molecule has 0 aliphatic heterocycles. The van der Waals surface area contributed by atoms with Gasteiger partial charge in [-0.05, 0) is 12.8 Å². The van der Waals surface area contributed by atoms with Crippen LogP contribution in [0.1, 0.15) is 26.2 Å². The van der Waals surface area contributed by atoms with Crippen LogP contribution in [0.3, 0.4) is 0 Å². The lowest BCUT2D eigenvalue weighted by Crippen LogP contribution is -1.67. The summed E-state index contributed by atoms with van der Waals surface area (Å²) in [7, 11) is 3.27. The Balaban J connectivity index is 2.49. The highest BCUT2D eigenvalue weighted by atomic mass is 31.0. The van der Waals surface area contributed by atoms with Gasteiger partial charge in [0.15, 0.2) is 0 Å².